The molecule has 100 valence electrons. The Hall–Kier alpha value is -1.12. The monoisotopic (exact) mass is 248 g/mol. The van der Waals surface area contributed by atoms with Crippen molar-refractivity contribution in [2.24, 2.45) is 0 Å². The Balaban J connectivity index is 2.39. The highest BCUT2D eigenvalue weighted by Crippen LogP contribution is 2.15. The molecule has 0 spiro atoms. The maximum atomic E-state index is 9.84. The van der Waals surface area contributed by atoms with Crippen LogP contribution >= 0.6 is 0 Å². The fourth-order valence-electron chi connectivity index (χ4n) is 1.74. The van der Waals surface area contributed by atoms with Crippen LogP contribution in [0.15, 0.2) is 36.4 Å². The maximum Gasteiger partial charge on any atom is 0.0814 e. The largest absolute Gasteiger partial charge is 0.390 e. The summed E-state index contributed by atoms with van der Waals surface area (Å²) in [7, 11) is 0. The number of aliphatic hydroxyl groups is 1. The van der Waals surface area contributed by atoms with E-state index < -0.39 is 6.10 Å². The molecule has 0 fully saturated rings. The van der Waals surface area contributed by atoms with Gasteiger partial charge in [0.05, 0.1) is 19.3 Å². The second-order valence-electron chi connectivity index (χ2n) is 5.23. The van der Waals surface area contributed by atoms with Crippen LogP contribution < -0.4 is 0 Å². The van der Waals surface area contributed by atoms with E-state index in [2.05, 4.69) is 44.7 Å². The molecule has 0 aliphatic carbocycles. The summed E-state index contributed by atoms with van der Waals surface area (Å²) in [6.45, 7) is 10.9. The lowest BCUT2D eigenvalue weighted by Crippen LogP contribution is -2.18. The molecule has 0 bridgehead atoms. The molecule has 2 nitrogen and oxygen atoms in total. The van der Waals surface area contributed by atoms with Gasteiger partial charge in [-0.05, 0) is 24.0 Å². The Morgan fingerprint density at radius 1 is 1.28 bits per heavy atom. The van der Waals surface area contributed by atoms with E-state index in [1.807, 2.05) is 6.92 Å². The van der Waals surface area contributed by atoms with Crippen molar-refractivity contribution in [2.75, 3.05) is 13.2 Å². The van der Waals surface area contributed by atoms with Crippen molar-refractivity contribution in [1.29, 1.82) is 0 Å². The topological polar surface area (TPSA) is 29.5 Å². The molecule has 1 rings (SSSR count). The van der Waals surface area contributed by atoms with E-state index >= 15 is 0 Å². The van der Waals surface area contributed by atoms with E-state index in [0.29, 0.717) is 25.6 Å². The number of hydrogen-bond acceptors (Lipinski definition) is 2. The third-order valence-corrected chi connectivity index (χ3v) is 2.78. The van der Waals surface area contributed by atoms with Crippen LogP contribution in [0.4, 0.5) is 0 Å². The van der Waals surface area contributed by atoms with Gasteiger partial charge in [-0.15, -0.1) is 0 Å². The molecule has 1 N–H and O–H groups in total. The van der Waals surface area contributed by atoms with E-state index in [0.717, 1.165) is 11.1 Å². The molecule has 0 aliphatic rings. The predicted octanol–water partition coefficient (Wildman–Crippen LogP) is 3.31. The van der Waals surface area contributed by atoms with E-state index in [-0.39, 0.29) is 0 Å². The van der Waals surface area contributed by atoms with Crippen molar-refractivity contribution in [3.05, 3.63) is 47.5 Å². The van der Waals surface area contributed by atoms with Gasteiger partial charge in [0.25, 0.3) is 0 Å². The van der Waals surface area contributed by atoms with Gasteiger partial charge in [-0.1, -0.05) is 50.3 Å². The molecule has 0 heterocycles. The van der Waals surface area contributed by atoms with Gasteiger partial charge >= 0.3 is 0 Å². The third-order valence-electron chi connectivity index (χ3n) is 2.78. The van der Waals surface area contributed by atoms with Gasteiger partial charge in [0.15, 0.2) is 0 Å². The van der Waals surface area contributed by atoms with Crippen LogP contribution in [0.25, 0.3) is 0 Å². The molecule has 0 radical (unpaired) electrons. The summed E-state index contributed by atoms with van der Waals surface area (Å²) in [5.41, 5.74) is 3.45. The highest BCUT2D eigenvalue weighted by atomic mass is 16.5. The van der Waals surface area contributed by atoms with Crippen molar-refractivity contribution in [3.8, 4) is 0 Å². The van der Waals surface area contributed by atoms with Crippen LogP contribution in [0.1, 0.15) is 37.8 Å². The van der Waals surface area contributed by atoms with Gasteiger partial charge in [0.2, 0.25) is 0 Å². The molecule has 0 amide bonds. The summed E-state index contributed by atoms with van der Waals surface area (Å²) in [4.78, 5) is 0. The standard InChI is InChI=1S/C16H24O2/c1-12(2)10-18-11-16(17)9-14-5-7-15(8-6-14)13(3)4/h5-8,13,16-17H,1,9-11H2,2-4H3. The molecule has 1 aromatic rings. The molecule has 0 aliphatic heterocycles. The molecule has 0 aromatic heterocycles. The first-order valence-corrected chi connectivity index (χ1v) is 6.48. The molecule has 1 atom stereocenters. The fourth-order valence-corrected chi connectivity index (χ4v) is 1.74. The van der Waals surface area contributed by atoms with Crippen molar-refractivity contribution in [2.45, 2.75) is 39.2 Å². The van der Waals surface area contributed by atoms with Gasteiger partial charge in [-0.25, -0.2) is 0 Å². The minimum absolute atomic E-state index is 0.360. The van der Waals surface area contributed by atoms with Gasteiger partial charge in [0, 0.05) is 6.42 Å². The second-order valence-corrected chi connectivity index (χ2v) is 5.23. The van der Waals surface area contributed by atoms with E-state index in [1.54, 1.807) is 0 Å². The lowest BCUT2D eigenvalue weighted by molar-refractivity contribution is 0.0472. The molecule has 1 aromatic carbocycles. The summed E-state index contributed by atoms with van der Waals surface area (Å²) in [5.74, 6) is 0.544. The number of hydrogen-bond donors (Lipinski definition) is 1. The van der Waals surface area contributed by atoms with E-state index in [9.17, 15) is 5.11 Å². The Morgan fingerprint density at radius 3 is 2.39 bits per heavy atom. The van der Waals surface area contributed by atoms with Crippen LogP contribution in [0.3, 0.4) is 0 Å². The number of rotatable bonds is 7. The van der Waals surface area contributed by atoms with Gasteiger partial charge in [0.1, 0.15) is 0 Å². The predicted molar refractivity (Wildman–Crippen MR) is 75.9 cm³/mol. The summed E-state index contributed by atoms with van der Waals surface area (Å²) in [5, 5.41) is 9.84. The molecule has 0 saturated carbocycles. The van der Waals surface area contributed by atoms with Crippen molar-refractivity contribution in [1.82, 2.24) is 0 Å². The van der Waals surface area contributed by atoms with Gasteiger partial charge in [-0.3, -0.25) is 0 Å². The zero-order valence-electron chi connectivity index (χ0n) is 11.6. The SMILES string of the molecule is C=C(C)COCC(O)Cc1ccc(C(C)C)cc1. The number of aliphatic hydroxyl groups excluding tert-OH is 1. The maximum absolute atomic E-state index is 9.84. The molecule has 0 saturated heterocycles. The van der Waals surface area contributed by atoms with Crippen molar-refractivity contribution >= 4 is 0 Å². The lowest BCUT2D eigenvalue weighted by Gasteiger charge is -2.12. The summed E-state index contributed by atoms with van der Waals surface area (Å²) in [6, 6.07) is 8.41. The van der Waals surface area contributed by atoms with Crippen LogP contribution in [0.5, 0.6) is 0 Å². The Morgan fingerprint density at radius 2 is 1.89 bits per heavy atom. The van der Waals surface area contributed by atoms with Crippen molar-refractivity contribution < 1.29 is 9.84 Å². The summed E-state index contributed by atoms with van der Waals surface area (Å²) < 4.78 is 5.34. The van der Waals surface area contributed by atoms with Gasteiger partial charge in [-0.2, -0.15) is 0 Å². The smallest absolute Gasteiger partial charge is 0.0814 e. The Kier molecular flexibility index (Phi) is 6.10. The van der Waals surface area contributed by atoms with Crippen molar-refractivity contribution in [3.63, 3.8) is 0 Å². The van der Waals surface area contributed by atoms with E-state index in [1.165, 1.54) is 5.56 Å². The molecule has 2 heteroatoms. The van der Waals surface area contributed by atoms with Gasteiger partial charge < -0.3 is 9.84 Å². The fraction of sp³-hybridized carbons (Fsp3) is 0.500. The Labute approximate surface area is 110 Å². The minimum Gasteiger partial charge on any atom is -0.390 e. The van der Waals surface area contributed by atoms with Crippen LogP contribution in [0, 0.1) is 0 Å². The normalized spacial score (nSPS) is 12.7. The first-order valence-electron chi connectivity index (χ1n) is 6.48. The molecular weight excluding hydrogens is 224 g/mol. The molecule has 18 heavy (non-hydrogen) atoms. The number of ether oxygens (including phenoxy) is 1. The first kappa shape index (κ1) is 14.9. The first-order chi connectivity index (χ1) is 8.49. The zero-order chi connectivity index (χ0) is 13.5. The van der Waals surface area contributed by atoms with Crippen LogP contribution in [-0.4, -0.2) is 24.4 Å². The highest BCUT2D eigenvalue weighted by molar-refractivity contribution is 5.25. The highest BCUT2D eigenvalue weighted by Gasteiger charge is 2.06. The second kappa shape index (κ2) is 7.34. The summed E-state index contributed by atoms with van der Waals surface area (Å²) >= 11 is 0. The lowest BCUT2D eigenvalue weighted by atomic mass is 10.00. The summed E-state index contributed by atoms with van der Waals surface area (Å²) in [6.07, 6.45) is 0.184. The zero-order valence-corrected chi connectivity index (χ0v) is 11.6. The number of benzene rings is 1. The quantitative estimate of drug-likeness (QED) is 0.750. The average Bonchev–Trinajstić information content (AvgIpc) is 2.29. The molecular formula is C16H24O2. The molecule has 1 unspecified atom stereocenters. The Bertz CT molecular complexity index is 365. The van der Waals surface area contributed by atoms with Crippen LogP contribution in [0.2, 0.25) is 0 Å². The third kappa shape index (κ3) is 5.48. The average molecular weight is 248 g/mol. The minimum atomic E-state index is -0.450. The van der Waals surface area contributed by atoms with E-state index in [4.69, 9.17) is 4.74 Å². The van der Waals surface area contributed by atoms with Crippen LogP contribution in [-0.2, 0) is 11.2 Å².